The number of nitro groups is 1. The maximum absolute atomic E-state index is 13.5. The molecule has 0 amide bonds. The minimum Gasteiger partial charge on any atom is -0.345 e. The number of para-hydroxylation sites is 2. The lowest BCUT2D eigenvalue weighted by atomic mass is 10.2. The van der Waals surface area contributed by atoms with Crippen LogP contribution in [0.15, 0.2) is 36.4 Å². The number of nitrogens with zero attached hydrogens (tertiary/aromatic N) is 1. The van der Waals surface area contributed by atoms with Crippen LogP contribution in [0.5, 0.6) is 0 Å². The van der Waals surface area contributed by atoms with Crippen LogP contribution in [0.2, 0.25) is 5.02 Å². The highest BCUT2D eigenvalue weighted by atomic mass is 35.5. The highest BCUT2D eigenvalue weighted by Gasteiger charge is 2.20. The molecule has 0 aliphatic heterocycles. The van der Waals surface area contributed by atoms with E-state index in [9.17, 15) is 18.9 Å². The normalized spacial score (nSPS) is 10.3. The molecule has 0 spiro atoms. The minimum absolute atomic E-state index is 0.0819. The highest BCUT2D eigenvalue weighted by Crippen LogP contribution is 2.35. The Hall–Kier alpha value is -2.21. The van der Waals surface area contributed by atoms with Gasteiger partial charge in [-0.25, -0.2) is 8.78 Å². The van der Waals surface area contributed by atoms with Crippen LogP contribution in [0.3, 0.4) is 0 Å². The number of benzene rings is 2. The van der Waals surface area contributed by atoms with Gasteiger partial charge >= 0.3 is 5.69 Å². The van der Waals surface area contributed by atoms with Gasteiger partial charge in [-0.05, 0) is 24.3 Å². The Labute approximate surface area is 111 Å². The summed E-state index contributed by atoms with van der Waals surface area (Å²) in [6.07, 6.45) is 0. The molecule has 0 atom stereocenters. The fraction of sp³-hybridized carbons (Fsp3) is 0. The van der Waals surface area contributed by atoms with E-state index in [1.54, 1.807) is 0 Å². The molecule has 1 N–H and O–H groups in total. The van der Waals surface area contributed by atoms with Crippen LogP contribution < -0.4 is 5.32 Å². The minimum atomic E-state index is -0.853. The summed E-state index contributed by atoms with van der Waals surface area (Å²) < 4.78 is 26.9. The highest BCUT2D eigenvalue weighted by molar-refractivity contribution is 6.33. The summed E-state index contributed by atoms with van der Waals surface area (Å²) in [5.41, 5.74) is -0.985. The molecule has 0 bridgehead atoms. The van der Waals surface area contributed by atoms with Gasteiger partial charge in [-0.2, -0.15) is 0 Å². The summed E-state index contributed by atoms with van der Waals surface area (Å²) in [6, 6.07) is 7.36. The molecule has 0 heterocycles. The van der Waals surface area contributed by atoms with E-state index >= 15 is 0 Å². The zero-order chi connectivity index (χ0) is 14.0. The van der Waals surface area contributed by atoms with E-state index in [1.807, 2.05) is 0 Å². The van der Waals surface area contributed by atoms with Crippen molar-refractivity contribution >= 4 is 28.7 Å². The van der Waals surface area contributed by atoms with Gasteiger partial charge in [0.05, 0.1) is 4.92 Å². The van der Waals surface area contributed by atoms with Gasteiger partial charge in [-0.3, -0.25) is 10.1 Å². The predicted molar refractivity (Wildman–Crippen MR) is 67.7 cm³/mol. The number of nitrogens with one attached hydrogen (secondary N) is 1. The molecular weight excluding hydrogens is 278 g/mol. The Balaban J connectivity index is 2.50. The van der Waals surface area contributed by atoms with Gasteiger partial charge in [0.2, 0.25) is 0 Å². The molecule has 0 saturated heterocycles. The lowest BCUT2D eigenvalue weighted by Gasteiger charge is -2.09. The van der Waals surface area contributed by atoms with Crippen LogP contribution in [0.4, 0.5) is 25.8 Å². The van der Waals surface area contributed by atoms with Gasteiger partial charge in [0.25, 0.3) is 0 Å². The fourth-order valence-electron chi connectivity index (χ4n) is 1.55. The second kappa shape index (κ2) is 5.19. The number of nitro benzene ring substituents is 1. The third kappa shape index (κ3) is 2.63. The van der Waals surface area contributed by atoms with Crippen LogP contribution in [-0.2, 0) is 0 Å². The van der Waals surface area contributed by atoms with Gasteiger partial charge in [0.1, 0.15) is 28.0 Å². The van der Waals surface area contributed by atoms with Gasteiger partial charge in [0.15, 0.2) is 0 Å². The zero-order valence-corrected chi connectivity index (χ0v) is 10.1. The van der Waals surface area contributed by atoms with E-state index in [-0.39, 0.29) is 10.7 Å². The molecular formula is C12H7ClF2N2O2. The molecule has 2 aromatic rings. The van der Waals surface area contributed by atoms with Gasteiger partial charge in [0, 0.05) is 0 Å². The first-order valence-electron chi connectivity index (χ1n) is 5.14. The molecule has 7 heteroatoms. The summed E-state index contributed by atoms with van der Waals surface area (Å²) >= 11 is 5.70. The summed E-state index contributed by atoms with van der Waals surface area (Å²) in [4.78, 5) is 10.2. The molecule has 0 aliphatic rings. The maximum Gasteiger partial charge on any atom is 0.311 e. The standard InChI is InChI=1S/C12H7ClF2N2O2/c13-7-3-1-6-10(12(7)17(18)19)16-11-8(14)4-2-5-9(11)15/h1-6,16H. The molecule has 0 fully saturated rings. The van der Waals surface area contributed by atoms with E-state index in [1.165, 1.54) is 24.3 Å². The Morgan fingerprint density at radius 1 is 1.11 bits per heavy atom. The van der Waals surface area contributed by atoms with Gasteiger partial charge < -0.3 is 5.32 Å². The maximum atomic E-state index is 13.5. The molecule has 0 aliphatic carbocycles. The number of rotatable bonds is 3. The Bertz CT molecular complexity index is 629. The van der Waals surface area contributed by atoms with Crippen LogP contribution in [-0.4, -0.2) is 4.92 Å². The molecule has 0 unspecified atom stereocenters. The molecule has 2 rings (SSSR count). The van der Waals surface area contributed by atoms with Crippen molar-refractivity contribution in [2.45, 2.75) is 0 Å². The topological polar surface area (TPSA) is 55.2 Å². The number of halogens is 3. The summed E-state index contributed by atoms with van der Waals surface area (Å²) in [6.45, 7) is 0. The van der Waals surface area contributed by atoms with Crippen molar-refractivity contribution in [1.82, 2.24) is 0 Å². The molecule has 98 valence electrons. The van der Waals surface area contributed by atoms with Crippen LogP contribution in [0, 0.1) is 21.7 Å². The largest absolute Gasteiger partial charge is 0.345 e. The van der Waals surface area contributed by atoms with Crippen molar-refractivity contribution in [3.05, 3.63) is 63.2 Å². The third-order valence-electron chi connectivity index (χ3n) is 2.39. The smallest absolute Gasteiger partial charge is 0.311 e. The van der Waals surface area contributed by atoms with Gasteiger partial charge in [-0.15, -0.1) is 0 Å². The van der Waals surface area contributed by atoms with Crippen molar-refractivity contribution in [1.29, 1.82) is 0 Å². The van der Waals surface area contributed by atoms with Crippen LogP contribution in [0.25, 0.3) is 0 Å². The second-order valence-electron chi connectivity index (χ2n) is 3.61. The van der Waals surface area contributed by atoms with Crippen LogP contribution >= 0.6 is 11.6 Å². The monoisotopic (exact) mass is 284 g/mol. The van der Waals surface area contributed by atoms with Crippen molar-refractivity contribution in [3.8, 4) is 0 Å². The fourth-order valence-corrected chi connectivity index (χ4v) is 1.80. The average molecular weight is 285 g/mol. The summed E-state index contributed by atoms with van der Waals surface area (Å²) in [5.74, 6) is -1.71. The van der Waals surface area contributed by atoms with Crippen molar-refractivity contribution in [2.75, 3.05) is 5.32 Å². The lowest BCUT2D eigenvalue weighted by Crippen LogP contribution is -2.01. The van der Waals surface area contributed by atoms with Crippen molar-refractivity contribution in [2.24, 2.45) is 0 Å². The van der Waals surface area contributed by atoms with Gasteiger partial charge in [-0.1, -0.05) is 23.7 Å². The number of anilines is 2. The molecule has 0 saturated carbocycles. The van der Waals surface area contributed by atoms with E-state index < -0.39 is 27.9 Å². The summed E-state index contributed by atoms with van der Waals surface area (Å²) in [5, 5.41) is 13.1. The van der Waals surface area contributed by atoms with E-state index in [0.29, 0.717) is 0 Å². The molecule has 2 aromatic carbocycles. The molecule has 4 nitrogen and oxygen atoms in total. The lowest BCUT2D eigenvalue weighted by molar-refractivity contribution is -0.383. The predicted octanol–water partition coefficient (Wildman–Crippen LogP) is 4.27. The molecule has 0 radical (unpaired) electrons. The summed E-state index contributed by atoms with van der Waals surface area (Å²) in [7, 11) is 0. The Kier molecular flexibility index (Phi) is 3.62. The van der Waals surface area contributed by atoms with E-state index in [2.05, 4.69) is 5.32 Å². The first-order valence-corrected chi connectivity index (χ1v) is 5.52. The van der Waals surface area contributed by atoms with Crippen molar-refractivity contribution in [3.63, 3.8) is 0 Å². The third-order valence-corrected chi connectivity index (χ3v) is 2.70. The van der Waals surface area contributed by atoms with Crippen molar-refractivity contribution < 1.29 is 13.7 Å². The Morgan fingerprint density at radius 2 is 1.68 bits per heavy atom. The van der Waals surface area contributed by atoms with E-state index in [0.717, 1.165) is 12.1 Å². The second-order valence-corrected chi connectivity index (χ2v) is 4.02. The zero-order valence-electron chi connectivity index (χ0n) is 9.36. The first-order chi connectivity index (χ1) is 9.00. The molecule has 19 heavy (non-hydrogen) atoms. The average Bonchev–Trinajstić information content (AvgIpc) is 2.33. The number of hydrogen-bond acceptors (Lipinski definition) is 3. The molecule has 0 aromatic heterocycles. The van der Waals surface area contributed by atoms with E-state index in [4.69, 9.17) is 11.6 Å². The first kappa shape index (κ1) is 13.2. The quantitative estimate of drug-likeness (QED) is 0.676. The van der Waals surface area contributed by atoms with Crippen LogP contribution in [0.1, 0.15) is 0 Å². The number of hydrogen-bond donors (Lipinski definition) is 1. The SMILES string of the molecule is O=[N+]([O-])c1c(Cl)cccc1Nc1c(F)cccc1F. The Morgan fingerprint density at radius 3 is 2.26 bits per heavy atom.